The number of nitrogens with one attached hydrogen (secondary N) is 3. The maximum Gasteiger partial charge on any atom is 0.229 e. The number of anilines is 3. The van der Waals surface area contributed by atoms with Crippen molar-refractivity contribution < 1.29 is 4.39 Å². The van der Waals surface area contributed by atoms with Gasteiger partial charge in [-0.25, -0.2) is 4.39 Å². The fourth-order valence-corrected chi connectivity index (χ4v) is 7.29. The Morgan fingerprint density at radius 1 is 0.788 bits per heavy atom. The van der Waals surface area contributed by atoms with E-state index in [-0.39, 0.29) is 11.4 Å². The molecular weight excluding hydrogens is 415 g/mol. The molecule has 33 heavy (non-hydrogen) atoms. The van der Waals surface area contributed by atoms with Crippen molar-refractivity contribution in [2.45, 2.75) is 88.8 Å². The van der Waals surface area contributed by atoms with E-state index in [2.05, 4.69) is 16.0 Å². The van der Waals surface area contributed by atoms with E-state index in [1.807, 2.05) is 0 Å². The maximum absolute atomic E-state index is 13.3. The van der Waals surface area contributed by atoms with Crippen LogP contribution in [0, 0.1) is 23.6 Å². The Labute approximate surface area is 195 Å². The molecule has 7 rings (SSSR count). The predicted molar refractivity (Wildman–Crippen MR) is 129 cm³/mol. The molecule has 5 aliphatic rings. The molecular formula is C26H35FN6. The molecule has 5 aliphatic carbocycles. The Hall–Kier alpha value is -2.44. The number of rotatable bonds is 7. The molecule has 1 heterocycles. The largest absolute Gasteiger partial charge is 0.351 e. The topological polar surface area (TPSA) is 74.8 Å². The van der Waals surface area contributed by atoms with Crippen molar-refractivity contribution in [1.29, 1.82) is 0 Å². The third-order valence-electron chi connectivity index (χ3n) is 8.35. The normalized spacial score (nSPS) is 30.9. The highest BCUT2D eigenvalue weighted by molar-refractivity contribution is 5.45. The fourth-order valence-electron chi connectivity index (χ4n) is 7.29. The second-order valence-electron chi connectivity index (χ2n) is 11.1. The van der Waals surface area contributed by atoms with Gasteiger partial charge in [0.2, 0.25) is 17.8 Å². The van der Waals surface area contributed by atoms with Crippen LogP contribution in [0.3, 0.4) is 0 Å². The molecule has 7 heteroatoms. The molecule has 5 saturated carbocycles. The fraction of sp³-hybridized carbons (Fsp3) is 0.654. The second-order valence-corrected chi connectivity index (χ2v) is 11.1. The van der Waals surface area contributed by atoms with Gasteiger partial charge in [0.05, 0.1) is 0 Å². The van der Waals surface area contributed by atoms with E-state index in [1.54, 1.807) is 12.1 Å². The van der Waals surface area contributed by atoms with Crippen LogP contribution in [0.5, 0.6) is 0 Å². The summed E-state index contributed by atoms with van der Waals surface area (Å²) in [5.74, 6) is 4.28. The quantitative estimate of drug-likeness (QED) is 0.499. The van der Waals surface area contributed by atoms with Gasteiger partial charge in [0.15, 0.2) is 0 Å². The van der Waals surface area contributed by atoms with Crippen molar-refractivity contribution in [3.8, 4) is 0 Å². The van der Waals surface area contributed by atoms with Crippen molar-refractivity contribution in [3.05, 3.63) is 35.6 Å². The van der Waals surface area contributed by atoms with Gasteiger partial charge in [-0.2, -0.15) is 15.0 Å². The van der Waals surface area contributed by atoms with Crippen LogP contribution in [-0.2, 0) is 6.54 Å². The van der Waals surface area contributed by atoms with Gasteiger partial charge in [-0.05, 0) is 86.8 Å². The second kappa shape index (κ2) is 8.73. The van der Waals surface area contributed by atoms with E-state index in [1.165, 1.54) is 82.8 Å². The molecule has 2 aromatic rings. The molecule has 0 saturated heterocycles. The lowest BCUT2D eigenvalue weighted by Gasteiger charge is -2.56. The zero-order chi connectivity index (χ0) is 22.3. The number of hydrogen-bond acceptors (Lipinski definition) is 6. The summed E-state index contributed by atoms with van der Waals surface area (Å²) in [5, 5.41) is 10.7. The maximum atomic E-state index is 13.3. The van der Waals surface area contributed by atoms with E-state index < -0.39 is 0 Å². The van der Waals surface area contributed by atoms with Gasteiger partial charge in [0.25, 0.3) is 0 Å². The van der Waals surface area contributed by atoms with Crippen LogP contribution in [0.4, 0.5) is 22.2 Å². The minimum Gasteiger partial charge on any atom is -0.351 e. The summed E-state index contributed by atoms with van der Waals surface area (Å²) in [6, 6.07) is 6.98. The number of aromatic nitrogens is 3. The number of hydrogen-bond donors (Lipinski definition) is 3. The van der Waals surface area contributed by atoms with E-state index in [9.17, 15) is 4.39 Å². The molecule has 0 aliphatic heterocycles. The molecule has 1 aromatic carbocycles. The highest BCUT2D eigenvalue weighted by atomic mass is 19.1. The van der Waals surface area contributed by atoms with Gasteiger partial charge in [0, 0.05) is 18.1 Å². The van der Waals surface area contributed by atoms with E-state index in [0.717, 1.165) is 23.3 Å². The molecule has 6 nitrogen and oxygen atoms in total. The SMILES string of the molecule is Fc1ccc(CNc2nc(NC3CCCCC3)nc(NC34CC5CC(CC(C5)C3)C4)n2)cc1. The summed E-state index contributed by atoms with van der Waals surface area (Å²) in [4.78, 5) is 14.3. The molecule has 4 bridgehead atoms. The molecule has 0 radical (unpaired) electrons. The minimum atomic E-state index is -0.222. The monoisotopic (exact) mass is 450 g/mol. The molecule has 5 fully saturated rings. The smallest absolute Gasteiger partial charge is 0.229 e. The van der Waals surface area contributed by atoms with Crippen LogP contribution < -0.4 is 16.0 Å². The third kappa shape index (κ3) is 4.78. The van der Waals surface area contributed by atoms with Gasteiger partial charge in [-0.3, -0.25) is 0 Å². The van der Waals surface area contributed by atoms with Gasteiger partial charge >= 0.3 is 0 Å². The molecule has 0 amide bonds. The van der Waals surface area contributed by atoms with Gasteiger partial charge < -0.3 is 16.0 Å². The van der Waals surface area contributed by atoms with Crippen molar-refractivity contribution in [3.63, 3.8) is 0 Å². The van der Waals surface area contributed by atoms with Crippen LogP contribution >= 0.6 is 0 Å². The Morgan fingerprint density at radius 2 is 1.39 bits per heavy atom. The highest BCUT2D eigenvalue weighted by Gasteiger charge is 2.51. The summed E-state index contributed by atoms with van der Waals surface area (Å²) in [6.45, 7) is 0.546. The summed E-state index contributed by atoms with van der Waals surface area (Å²) >= 11 is 0. The first-order valence-corrected chi connectivity index (χ1v) is 12.9. The standard InChI is InChI=1S/C26H35FN6/c27-21-8-6-17(7-9-21)16-28-23-30-24(29-22-4-2-1-3-5-22)32-25(31-23)33-26-13-18-10-19(14-26)12-20(11-18)15-26/h6-9,18-20,22H,1-5,10-16H2,(H3,28,29,30,31,32,33). The molecule has 0 unspecified atom stereocenters. The van der Waals surface area contributed by atoms with Crippen LogP contribution in [0.1, 0.15) is 76.2 Å². The van der Waals surface area contributed by atoms with E-state index in [0.29, 0.717) is 30.4 Å². The minimum absolute atomic E-state index is 0.145. The molecule has 3 N–H and O–H groups in total. The van der Waals surface area contributed by atoms with Crippen LogP contribution in [-0.4, -0.2) is 26.5 Å². The Bertz CT molecular complexity index is 936. The van der Waals surface area contributed by atoms with Crippen LogP contribution in [0.2, 0.25) is 0 Å². The lowest BCUT2D eigenvalue weighted by Crippen LogP contribution is -2.55. The lowest BCUT2D eigenvalue weighted by atomic mass is 9.53. The Balaban J connectivity index is 1.22. The number of nitrogens with zero attached hydrogens (tertiary/aromatic N) is 3. The number of benzene rings is 1. The Kier molecular flexibility index (Phi) is 5.59. The van der Waals surface area contributed by atoms with Crippen molar-refractivity contribution in [2.75, 3.05) is 16.0 Å². The summed E-state index contributed by atoms with van der Waals surface area (Å²) in [5.41, 5.74) is 1.14. The summed E-state index contributed by atoms with van der Waals surface area (Å²) in [6.07, 6.45) is 14.2. The van der Waals surface area contributed by atoms with Crippen LogP contribution in [0.15, 0.2) is 24.3 Å². The summed E-state index contributed by atoms with van der Waals surface area (Å²) < 4.78 is 13.3. The highest BCUT2D eigenvalue weighted by Crippen LogP contribution is 2.56. The molecule has 176 valence electrons. The number of halogens is 1. The van der Waals surface area contributed by atoms with Gasteiger partial charge in [-0.1, -0.05) is 31.4 Å². The summed E-state index contributed by atoms with van der Waals surface area (Å²) in [7, 11) is 0. The first kappa shape index (κ1) is 21.1. The van der Waals surface area contributed by atoms with Crippen molar-refractivity contribution in [1.82, 2.24) is 15.0 Å². The molecule has 0 spiro atoms. The first-order valence-electron chi connectivity index (χ1n) is 12.9. The average molecular weight is 451 g/mol. The van der Waals surface area contributed by atoms with E-state index >= 15 is 0 Å². The molecule has 0 atom stereocenters. The van der Waals surface area contributed by atoms with E-state index in [4.69, 9.17) is 15.0 Å². The zero-order valence-electron chi connectivity index (χ0n) is 19.3. The first-order chi connectivity index (χ1) is 16.1. The predicted octanol–water partition coefficient (Wildman–Crippen LogP) is 5.75. The Morgan fingerprint density at radius 3 is 2.06 bits per heavy atom. The lowest BCUT2D eigenvalue weighted by molar-refractivity contribution is 0.0103. The van der Waals surface area contributed by atoms with Crippen molar-refractivity contribution in [2.24, 2.45) is 17.8 Å². The zero-order valence-corrected chi connectivity index (χ0v) is 19.3. The van der Waals surface area contributed by atoms with Crippen LogP contribution in [0.25, 0.3) is 0 Å². The van der Waals surface area contributed by atoms with Gasteiger partial charge in [0.1, 0.15) is 5.82 Å². The van der Waals surface area contributed by atoms with Gasteiger partial charge in [-0.15, -0.1) is 0 Å². The third-order valence-corrected chi connectivity index (χ3v) is 8.35. The molecule has 1 aromatic heterocycles. The van der Waals surface area contributed by atoms with Crippen molar-refractivity contribution >= 4 is 17.8 Å². The average Bonchev–Trinajstić information content (AvgIpc) is 2.78.